The Labute approximate surface area is 211 Å². The van der Waals surface area contributed by atoms with Crippen molar-refractivity contribution in [3.63, 3.8) is 0 Å². The molecule has 1 saturated heterocycles. The Balaban J connectivity index is 1.44. The number of fused-ring (bicyclic) bond motifs is 1. The number of halogens is 1. The van der Waals surface area contributed by atoms with Gasteiger partial charge in [0.1, 0.15) is 23.7 Å². The number of nitrogens with zero attached hydrogens (tertiary/aromatic N) is 3. The zero-order valence-corrected chi connectivity index (χ0v) is 21.4. The zero-order chi connectivity index (χ0) is 25.1. The molecule has 0 unspecified atom stereocenters. The van der Waals surface area contributed by atoms with Crippen LogP contribution in [0.25, 0.3) is 10.9 Å². The number of hydrogen-bond acceptors (Lipinski definition) is 8. The molecule has 3 aromatic rings. The van der Waals surface area contributed by atoms with E-state index in [9.17, 15) is 8.60 Å². The van der Waals surface area contributed by atoms with Gasteiger partial charge in [0.2, 0.25) is 0 Å². The Hall–Kier alpha value is -2.82. The van der Waals surface area contributed by atoms with E-state index in [-0.39, 0.29) is 18.0 Å². The number of anilines is 2. The molecule has 0 amide bonds. The maximum atomic E-state index is 14.2. The predicted molar refractivity (Wildman–Crippen MR) is 140 cm³/mol. The molecule has 36 heavy (non-hydrogen) atoms. The van der Waals surface area contributed by atoms with E-state index in [1.165, 1.54) is 18.5 Å². The van der Waals surface area contributed by atoms with E-state index in [0.29, 0.717) is 53.1 Å². The van der Waals surface area contributed by atoms with Crippen molar-refractivity contribution < 1.29 is 18.1 Å². The van der Waals surface area contributed by atoms with Gasteiger partial charge < -0.3 is 20.1 Å². The van der Waals surface area contributed by atoms with Crippen LogP contribution in [0.3, 0.4) is 0 Å². The van der Waals surface area contributed by atoms with Crippen LogP contribution >= 0.6 is 0 Å². The van der Waals surface area contributed by atoms with Gasteiger partial charge in [0.15, 0.2) is 0 Å². The first-order chi connectivity index (χ1) is 17.4. The summed E-state index contributed by atoms with van der Waals surface area (Å²) in [5.74, 6) is 1.77. The number of nitrogens with one attached hydrogen (secondary N) is 2. The molecule has 1 aliphatic heterocycles. The lowest BCUT2D eigenvalue weighted by Gasteiger charge is -2.28. The summed E-state index contributed by atoms with van der Waals surface area (Å²) in [7, 11) is -0.538. The van der Waals surface area contributed by atoms with Crippen LogP contribution in [0.15, 0.2) is 41.0 Å². The Bertz CT molecular complexity index is 1360. The van der Waals surface area contributed by atoms with Crippen molar-refractivity contribution in [3.8, 4) is 5.75 Å². The number of hydrogen-bond donors (Lipinski definition) is 2. The van der Waals surface area contributed by atoms with Gasteiger partial charge in [-0.3, -0.25) is 0 Å². The molecule has 8 nitrogen and oxygen atoms in total. The minimum absolute atomic E-state index is 0.00342. The van der Waals surface area contributed by atoms with E-state index in [0.717, 1.165) is 36.6 Å². The third-order valence-electron chi connectivity index (χ3n) is 6.83. The molecular formula is C26H32FN5O3S. The van der Waals surface area contributed by atoms with Crippen LogP contribution in [0, 0.1) is 12.7 Å². The van der Waals surface area contributed by atoms with Crippen molar-refractivity contribution in [2.24, 2.45) is 4.36 Å². The quantitative estimate of drug-likeness (QED) is 0.486. The summed E-state index contributed by atoms with van der Waals surface area (Å²) in [6.45, 7) is 3.38. The highest BCUT2D eigenvalue weighted by Gasteiger charge is 2.23. The second-order valence-corrected chi connectivity index (χ2v) is 12.0. The number of methoxy groups -OCH3 is 1. The van der Waals surface area contributed by atoms with Crippen LogP contribution in [-0.4, -0.2) is 58.1 Å². The standard InChI is InChI=1S/C26H32FN5O3S/c1-17-13-19(32-36(33)11-9-28-10-12-36)15-23-25(17)26(30-16-29-23)31-22-8-3-18(27)14-24(22)35-21-6-4-20(34-2)5-7-21/h3,8,13-16,20-21,28H,4-7,9-12H2,1-2H3,(H,29,30,31). The van der Waals surface area contributed by atoms with Crippen LogP contribution in [0.5, 0.6) is 5.75 Å². The van der Waals surface area contributed by atoms with E-state index in [1.54, 1.807) is 13.2 Å². The lowest BCUT2D eigenvalue weighted by molar-refractivity contribution is 0.0329. The smallest absolute Gasteiger partial charge is 0.146 e. The fourth-order valence-electron chi connectivity index (χ4n) is 4.88. The van der Waals surface area contributed by atoms with Gasteiger partial charge in [-0.2, -0.15) is 4.36 Å². The molecule has 2 heterocycles. The maximum absolute atomic E-state index is 14.2. The third kappa shape index (κ3) is 5.61. The predicted octanol–water partition coefficient (Wildman–Crippen LogP) is 4.86. The van der Waals surface area contributed by atoms with Gasteiger partial charge in [0, 0.05) is 43.2 Å². The number of aromatic nitrogens is 2. The molecule has 2 N–H and O–H groups in total. The van der Waals surface area contributed by atoms with Crippen molar-refractivity contribution in [2.75, 3.05) is 37.0 Å². The second kappa shape index (κ2) is 10.7. The Morgan fingerprint density at radius 2 is 1.83 bits per heavy atom. The van der Waals surface area contributed by atoms with Gasteiger partial charge in [-0.05, 0) is 62.4 Å². The number of benzene rings is 2. The third-order valence-corrected chi connectivity index (χ3v) is 9.06. The molecule has 1 aromatic heterocycles. The normalized spacial score (nSPS) is 21.8. The molecular weight excluding hydrogens is 481 g/mol. The summed E-state index contributed by atoms with van der Waals surface area (Å²) in [5, 5.41) is 7.39. The maximum Gasteiger partial charge on any atom is 0.146 e. The van der Waals surface area contributed by atoms with Crippen molar-refractivity contribution in [2.45, 2.75) is 44.8 Å². The molecule has 2 aliphatic rings. The minimum Gasteiger partial charge on any atom is -0.488 e. The monoisotopic (exact) mass is 513 g/mol. The molecule has 0 bridgehead atoms. The van der Waals surface area contributed by atoms with Gasteiger partial charge in [0.05, 0.1) is 38.8 Å². The fraction of sp³-hybridized carbons (Fsp3) is 0.462. The minimum atomic E-state index is -2.27. The average molecular weight is 514 g/mol. The molecule has 5 rings (SSSR count). The lowest BCUT2D eigenvalue weighted by atomic mass is 9.95. The van der Waals surface area contributed by atoms with Gasteiger partial charge >= 0.3 is 0 Å². The zero-order valence-electron chi connectivity index (χ0n) is 20.6. The SMILES string of the molecule is COC1CCC(Oc2cc(F)ccc2Nc2ncnc3cc(N=S4(=O)CCNCC4)cc(C)c23)CC1. The highest BCUT2D eigenvalue weighted by Crippen LogP contribution is 2.35. The molecule has 2 fully saturated rings. The van der Waals surface area contributed by atoms with Crippen molar-refractivity contribution in [1.82, 2.24) is 15.3 Å². The molecule has 0 atom stereocenters. The largest absolute Gasteiger partial charge is 0.488 e. The highest BCUT2D eigenvalue weighted by atomic mass is 32.2. The fourth-order valence-corrected chi connectivity index (χ4v) is 6.69. The second-order valence-electron chi connectivity index (χ2n) is 9.42. The number of rotatable bonds is 6. The van der Waals surface area contributed by atoms with Crippen LogP contribution in [0.1, 0.15) is 31.2 Å². The topological polar surface area (TPSA) is 97.7 Å². The number of ether oxygens (including phenoxy) is 2. The molecule has 0 radical (unpaired) electrons. The summed E-state index contributed by atoms with van der Waals surface area (Å²) >= 11 is 0. The molecule has 0 spiro atoms. The van der Waals surface area contributed by atoms with Crippen LogP contribution in [-0.2, 0) is 14.5 Å². The van der Waals surface area contributed by atoms with Gasteiger partial charge in [-0.25, -0.2) is 18.6 Å². The molecule has 1 aliphatic carbocycles. The van der Waals surface area contributed by atoms with E-state index < -0.39 is 9.73 Å². The molecule has 1 saturated carbocycles. The summed E-state index contributed by atoms with van der Waals surface area (Å²) in [6, 6.07) is 8.25. The van der Waals surface area contributed by atoms with E-state index in [2.05, 4.69) is 25.0 Å². The van der Waals surface area contributed by atoms with Crippen LogP contribution in [0.4, 0.5) is 21.6 Å². The molecule has 192 valence electrons. The van der Waals surface area contributed by atoms with Gasteiger partial charge in [-0.1, -0.05) is 0 Å². The first-order valence-corrected chi connectivity index (χ1v) is 14.2. The van der Waals surface area contributed by atoms with Crippen LogP contribution in [0.2, 0.25) is 0 Å². The summed E-state index contributed by atoms with van der Waals surface area (Å²) < 4.78 is 43.5. The van der Waals surface area contributed by atoms with E-state index in [4.69, 9.17) is 9.47 Å². The Kier molecular flexibility index (Phi) is 7.36. The first-order valence-electron chi connectivity index (χ1n) is 12.4. The lowest BCUT2D eigenvalue weighted by Crippen LogP contribution is -2.35. The van der Waals surface area contributed by atoms with Gasteiger partial charge in [-0.15, -0.1) is 0 Å². The summed E-state index contributed by atoms with van der Waals surface area (Å²) in [5.41, 5.74) is 2.91. The molecule has 2 aromatic carbocycles. The van der Waals surface area contributed by atoms with Crippen LogP contribution < -0.4 is 15.4 Å². The van der Waals surface area contributed by atoms with Crippen molar-refractivity contribution in [1.29, 1.82) is 0 Å². The van der Waals surface area contributed by atoms with E-state index in [1.807, 2.05) is 19.1 Å². The first kappa shape index (κ1) is 24.9. The molecule has 10 heteroatoms. The average Bonchev–Trinajstić information content (AvgIpc) is 2.86. The van der Waals surface area contributed by atoms with E-state index >= 15 is 0 Å². The summed E-state index contributed by atoms with van der Waals surface area (Å²) in [4.78, 5) is 8.92. The van der Waals surface area contributed by atoms with Gasteiger partial charge in [0.25, 0.3) is 0 Å². The van der Waals surface area contributed by atoms with Crippen molar-refractivity contribution in [3.05, 3.63) is 48.0 Å². The highest BCUT2D eigenvalue weighted by molar-refractivity contribution is 7.93. The van der Waals surface area contributed by atoms with Crippen molar-refractivity contribution >= 4 is 37.8 Å². The number of aryl methyl sites for hydroxylation is 1. The summed E-state index contributed by atoms with van der Waals surface area (Å²) in [6.07, 6.45) is 5.30. The Morgan fingerprint density at radius 3 is 2.58 bits per heavy atom. The Morgan fingerprint density at radius 1 is 1.08 bits per heavy atom.